The van der Waals surface area contributed by atoms with Gasteiger partial charge in [0.1, 0.15) is 5.82 Å². The summed E-state index contributed by atoms with van der Waals surface area (Å²) in [6, 6.07) is 9.76. The molecule has 1 aliphatic rings. The summed E-state index contributed by atoms with van der Waals surface area (Å²) in [6.07, 6.45) is 4.07. The first-order chi connectivity index (χ1) is 11.5. The minimum absolute atomic E-state index is 0.376. The number of carbonyl (C=O) groups excluding carboxylic acids is 2. The van der Waals surface area contributed by atoms with E-state index in [0.29, 0.717) is 11.4 Å². The second-order valence-corrected chi connectivity index (χ2v) is 6.20. The number of aromatic nitrogens is 1. The molecule has 1 aliphatic carbocycles. The Kier molecular flexibility index (Phi) is 4.60. The second kappa shape index (κ2) is 6.83. The van der Waals surface area contributed by atoms with E-state index < -0.39 is 5.91 Å². The maximum atomic E-state index is 12.4. The van der Waals surface area contributed by atoms with Crippen molar-refractivity contribution in [1.82, 2.24) is 10.3 Å². The van der Waals surface area contributed by atoms with Crippen molar-refractivity contribution >= 4 is 23.3 Å². The van der Waals surface area contributed by atoms with Gasteiger partial charge in [-0.1, -0.05) is 17.7 Å². The Hall–Kier alpha value is -2.69. The van der Waals surface area contributed by atoms with E-state index in [4.69, 9.17) is 0 Å². The van der Waals surface area contributed by atoms with Gasteiger partial charge in [0, 0.05) is 18.3 Å². The molecule has 3 rings (SSSR count). The van der Waals surface area contributed by atoms with Crippen molar-refractivity contribution in [3.8, 4) is 0 Å². The van der Waals surface area contributed by atoms with E-state index in [1.807, 2.05) is 37.3 Å². The molecule has 0 unspecified atom stereocenters. The number of amides is 2. The van der Waals surface area contributed by atoms with Crippen LogP contribution in [-0.4, -0.2) is 16.8 Å². The molecular formula is C19H21N3O2. The zero-order valence-electron chi connectivity index (χ0n) is 14.0. The van der Waals surface area contributed by atoms with Crippen LogP contribution in [0.25, 0.3) is 0 Å². The molecule has 5 heteroatoms. The lowest BCUT2D eigenvalue weighted by atomic mass is 9.94. The van der Waals surface area contributed by atoms with Gasteiger partial charge < -0.3 is 5.32 Å². The fourth-order valence-electron chi connectivity index (χ4n) is 2.90. The van der Waals surface area contributed by atoms with Crippen molar-refractivity contribution in [1.29, 1.82) is 0 Å². The van der Waals surface area contributed by atoms with Crippen LogP contribution in [0.15, 0.2) is 30.3 Å². The second-order valence-electron chi connectivity index (χ2n) is 6.20. The van der Waals surface area contributed by atoms with Crippen LogP contribution in [0.3, 0.4) is 0 Å². The van der Waals surface area contributed by atoms with Gasteiger partial charge in [-0.15, -0.1) is 0 Å². The number of nitrogens with one attached hydrogen (secondary N) is 2. The fourth-order valence-corrected chi connectivity index (χ4v) is 2.90. The van der Waals surface area contributed by atoms with E-state index in [1.54, 1.807) is 0 Å². The number of hydrogen-bond donors (Lipinski definition) is 2. The number of carbonyl (C=O) groups is 2. The topological polar surface area (TPSA) is 71.1 Å². The molecule has 0 aliphatic heterocycles. The highest BCUT2D eigenvalue weighted by Gasteiger charge is 2.20. The molecular weight excluding hydrogens is 302 g/mol. The van der Waals surface area contributed by atoms with Crippen LogP contribution in [0.5, 0.6) is 0 Å². The average Bonchev–Trinajstić information content (AvgIpc) is 2.55. The van der Waals surface area contributed by atoms with Gasteiger partial charge in [-0.05, 0) is 56.4 Å². The van der Waals surface area contributed by atoms with Crippen LogP contribution in [0.4, 0.5) is 11.5 Å². The quantitative estimate of drug-likeness (QED) is 0.909. The number of pyridine rings is 1. The Labute approximate surface area is 141 Å². The Morgan fingerprint density at radius 3 is 2.50 bits per heavy atom. The highest BCUT2D eigenvalue weighted by atomic mass is 16.2. The number of nitrogens with zero attached hydrogens (tertiary/aromatic N) is 1. The summed E-state index contributed by atoms with van der Waals surface area (Å²) in [7, 11) is 0. The third-order valence-corrected chi connectivity index (χ3v) is 4.15. The molecule has 0 spiro atoms. The van der Waals surface area contributed by atoms with Crippen molar-refractivity contribution < 1.29 is 9.59 Å². The predicted octanol–water partition coefficient (Wildman–Crippen LogP) is 3.29. The zero-order chi connectivity index (χ0) is 17.1. The van der Waals surface area contributed by atoms with Gasteiger partial charge in [-0.3, -0.25) is 14.9 Å². The van der Waals surface area contributed by atoms with Crippen LogP contribution in [0.1, 0.15) is 46.9 Å². The maximum Gasteiger partial charge on any atom is 0.261 e. The number of rotatable bonds is 3. The third-order valence-electron chi connectivity index (χ3n) is 4.15. The first-order valence-electron chi connectivity index (χ1n) is 8.21. The van der Waals surface area contributed by atoms with Crippen molar-refractivity contribution in [3.05, 3.63) is 52.7 Å². The molecule has 0 bridgehead atoms. The largest absolute Gasteiger partial charge is 0.340 e. The minimum Gasteiger partial charge on any atom is -0.340 e. The Morgan fingerprint density at radius 1 is 1.08 bits per heavy atom. The summed E-state index contributed by atoms with van der Waals surface area (Å²) in [5.41, 5.74) is 4.57. The van der Waals surface area contributed by atoms with Crippen LogP contribution in [-0.2, 0) is 17.6 Å². The summed E-state index contributed by atoms with van der Waals surface area (Å²) in [4.78, 5) is 28.3. The van der Waals surface area contributed by atoms with Gasteiger partial charge >= 0.3 is 0 Å². The molecule has 5 nitrogen and oxygen atoms in total. The maximum absolute atomic E-state index is 12.4. The van der Waals surface area contributed by atoms with E-state index in [-0.39, 0.29) is 5.91 Å². The summed E-state index contributed by atoms with van der Waals surface area (Å²) >= 11 is 0. The molecule has 0 radical (unpaired) electrons. The van der Waals surface area contributed by atoms with Crippen molar-refractivity contribution in [2.75, 3.05) is 5.32 Å². The minimum atomic E-state index is -0.419. The van der Waals surface area contributed by atoms with Gasteiger partial charge in [0.25, 0.3) is 5.91 Å². The van der Waals surface area contributed by atoms with Gasteiger partial charge in [-0.2, -0.15) is 0 Å². The van der Waals surface area contributed by atoms with E-state index in [9.17, 15) is 9.59 Å². The number of hydrogen-bond acceptors (Lipinski definition) is 4. The molecule has 2 amide bonds. The third kappa shape index (κ3) is 3.62. The number of imide groups is 1. The van der Waals surface area contributed by atoms with Crippen molar-refractivity contribution in [3.63, 3.8) is 0 Å². The molecule has 2 aromatic rings. The summed E-state index contributed by atoms with van der Waals surface area (Å²) in [5, 5.41) is 5.56. The number of benzene rings is 1. The SMILES string of the molecule is CC(=O)NC(=O)c1cc2c(nc1Nc1ccc(C)cc1)CCCC2. The molecule has 0 saturated carbocycles. The molecule has 1 aromatic heterocycles. The molecule has 1 heterocycles. The first-order valence-corrected chi connectivity index (χ1v) is 8.21. The Morgan fingerprint density at radius 2 is 1.79 bits per heavy atom. The van der Waals surface area contributed by atoms with Crippen LogP contribution < -0.4 is 10.6 Å². The molecule has 124 valence electrons. The molecule has 0 atom stereocenters. The zero-order valence-corrected chi connectivity index (χ0v) is 14.0. The van der Waals surface area contributed by atoms with E-state index >= 15 is 0 Å². The molecule has 24 heavy (non-hydrogen) atoms. The monoisotopic (exact) mass is 323 g/mol. The first kappa shape index (κ1) is 16.2. The average molecular weight is 323 g/mol. The molecule has 0 saturated heterocycles. The molecule has 1 aromatic carbocycles. The van der Waals surface area contributed by atoms with Gasteiger partial charge in [-0.25, -0.2) is 4.98 Å². The summed E-state index contributed by atoms with van der Waals surface area (Å²) < 4.78 is 0. The number of fused-ring (bicyclic) bond motifs is 1. The lowest BCUT2D eigenvalue weighted by Gasteiger charge is -2.19. The summed E-state index contributed by atoms with van der Waals surface area (Å²) in [6.45, 7) is 3.35. The van der Waals surface area contributed by atoms with Crippen LogP contribution in [0, 0.1) is 6.92 Å². The van der Waals surface area contributed by atoms with Crippen molar-refractivity contribution in [2.24, 2.45) is 0 Å². The lowest BCUT2D eigenvalue weighted by Crippen LogP contribution is -2.29. The standard InChI is InChI=1S/C19H21N3O2/c1-12-7-9-15(10-8-12)21-18-16(19(24)20-13(2)23)11-14-5-3-4-6-17(14)22-18/h7-11H,3-6H2,1-2H3,(H,21,22)(H,20,23,24). The molecule has 0 fully saturated rings. The normalized spacial score (nSPS) is 13.1. The lowest BCUT2D eigenvalue weighted by molar-refractivity contribution is -0.118. The highest BCUT2D eigenvalue weighted by molar-refractivity contribution is 6.07. The van der Waals surface area contributed by atoms with E-state index in [1.165, 1.54) is 6.92 Å². The van der Waals surface area contributed by atoms with Gasteiger partial charge in [0.2, 0.25) is 5.91 Å². The highest BCUT2D eigenvalue weighted by Crippen LogP contribution is 2.27. The number of anilines is 2. The van der Waals surface area contributed by atoms with Gasteiger partial charge in [0.15, 0.2) is 0 Å². The number of aryl methyl sites for hydroxylation is 3. The van der Waals surface area contributed by atoms with Crippen LogP contribution in [0.2, 0.25) is 0 Å². The molecule has 2 N–H and O–H groups in total. The van der Waals surface area contributed by atoms with E-state index in [0.717, 1.165) is 48.2 Å². The van der Waals surface area contributed by atoms with Crippen molar-refractivity contribution in [2.45, 2.75) is 39.5 Å². The predicted molar refractivity (Wildman–Crippen MR) is 93.5 cm³/mol. The fraction of sp³-hybridized carbons (Fsp3) is 0.316. The summed E-state index contributed by atoms with van der Waals surface area (Å²) in [5.74, 6) is -0.296. The van der Waals surface area contributed by atoms with E-state index in [2.05, 4.69) is 15.6 Å². The van der Waals surface area contributed by atoms with Crippen LogP contribution >= 0.6 is 0 Å². The Bertz CT molecular complexity index is 782. The van der Waals surface area contributed by atoms with Gasteiger partial charge in [0.05, 0.1) is 5.56 Å². The smallest absolute Gasteiger partial charge is 0.261 e. The Balaban J connectivity index is 1.99.